The summed E-state index contributed by atoms with van der Waals surface area (Å²) in [5.41, 5.74) is 6.96. The molecule has 0 bridgehead atoms. The predicted octanol–water partition coefficient (Wildman–Crippen LogP) is 2.92. The Kier molecular flexibility index (Phi) is 3.64. The minimum absolute atomic E-state index is 0.0914. The lowest BCUT2D eigenvalue weighted by molar-refractivity contribution is 0.0593. The van der Waals surface area contributed by atoms with Gasteiger partial charge in [-0.25, -0.2) is 9.78 Å². The van der Waals surface area contributed by atoms with Crippen LogP contribution in [0, 0.1) is 11.3 Å². The standard InChI is InChI=1S/C16H11ClN4O2/c1-23-16(22)15-14(19)11(6-18)8-21(15)12-3-2-9-5-13(17)20-7-10(9)4-12/h2-5,7-8H,19H2,1H3. The normalized spacial score (nSPS) is 10.5. The van der Waals surface area contributed by atoms with Gasteiger partial charge in [0, 0.05) is 23.5 Å². The second-order valence-electron chi connectivity index (χ2n) is 4.82. The summed E-state index contributed by atoms with van der Waals surface area (Å²) in [4.78, 5) is 16.0. The van der Waals surface area contributed by atoms with Crippen molar-refractivity contribution in [2.45, 2.75) is 0 Å². The highest BCUT2D eigenvalue weighted by atomic mass is 35.5. The molecule has 2 heterocycles. The summed E-state index contributed by atoms with van der Waals surface area (Å²) in [6, 6.07) is 9.18. The molecule has 1 aromatic carbocycles. The van der Waals surface area contributed by atoms with Gasteiger partial charge in [0.15, 0.2) is 5.69 Å². The van der Waals surface area contributed by atoms with Gasteiger partial charge in [-0.15, -0.1) is 0 Å². The first-order valence-corrected chi connectivity index (χ1v) is 6.98. The van der Waals surface area contributed by atoms with Crippen molar-refractivity contribution < 1.29 is 9.53 Å². The minimum Gasteiger partial charge on any atom is -0.464 e. The second-order valence-corrected chi connectivity index (χ2v) is 5.20. The molecule has 0 saturated carbocycles. The van der Waals surface area contributed by atoms with Crippen LogP contribution in [0.3, 0.4) is 0 Å². The Morgan fingerprint density at radius 3 is 2.87 bits per heavy atom. The first-order valence-electron chi connectivity index (χ1n) is 6.60. The van der Waals surface area contributed by atoms with Crippen LogP contribution in [-0.2, 0) is 4.74 Å². The molecule has 0 saturated heterocycles. The summed E-state index contributed by atoms with van der Waals surface area (Å²) in [5, 5.41) is 11.3. The van der Waals surface area contributed by atoms with E-state index in [1.807, 2.05) is 18.2 Å². The lowest BCUT2D eigenvalue weighted by atomic mass is 10.1. The van der Waals surface area contributed by atoms with Gasteiger partial charge in [0.1, 0.15) is 11.2 Å². The number of anilines is 1. The average Bonchev–Trinajstić information content (AvgIpc) is 2.90. The van der Waals surface area contributed by atoms with E-state index < -0.39 is 5.97 Å². The molecule has 0 unspecified atom stereocenters. The zero-order valence-corrected chi connectivity index (χ0v) is 12.8. The summed E-state index contributed by atoms with van der Waals surface area (Å²) in [7, 11) is 1.26. The number of esters is 1. The third-order valence-electron chi connectivity index (χ3n) is 3.49. The van der Waals surface area contributed by atoms with E-state index in [9.17, 15) is 4.79 Å². The Bertz CT molecular complexity index is 972. The molecule has 2 N–H and O–H groups in total. The van der Waals surface area contributed by atoms with Crippen molar-refractivity contribution in [1.82, 2.24) is 9.55 Å². The summed E-state index contributed by atoms with van der Waals surface area (Å²) >= 11 is 5.87. The first-order chi connectivity index (χ1) is 11.0. The minimum atomic E-state index is -0.613. The summed E-state index contributed by atoms with van der Waals surface area (Å²) in [6.07, 6.45) is 3.14. The van der Waals surface area contributed by atoms with Crippen molar-refractivity contribution in [2.24, 2.45) is 0 Å². The van der Waals surface area contributed by atoms with Crippen molar-refractivity contribution in [1.29, 1.82) is 5.26 Å². The number of carbonyl (C=O) groups is 1. The molecule has 0 aliphatic carbocycles. The number of nitriles is 1. The largest absolute Gasteiger partial charge is 0.464 e. The number of nitrogens with two attached hydrogens (primary N) is 1. The van der Waals surface area contributed by atoms with Crippen LogP contribution in [0.2, 0.25) is 5.15 Å². The fourth-order valence-electron chi connectivity index (χ4n) is 2.37. The summed E-state index contributed by atoms with van der Waals surface area (Å²) in [5.74, 6) is -0.613. The molecule has 3 rings (SSSR count). The third-order valence-corrected chi connectivity index (χ3v) is 3.70. The van der Waals surface area contributed by atoms with Crippen molar-refractivity contribution in [3.8, 4) is 11.8 Å². The summed E-state index contributed by atoms with van der Waals surface area (Å²) in [6.45, 7) is 0. The van der Waals surface area contributed by atoms with Crippen LogP contribution in [0.25, 0.3) is 16.5 Å². The number of methoxy groups -OCH3 is 1. The Morgan fingerprint density at radius 2 is 2.17 bits per heavy atom. The van der Waals surface area contributed by atoms with Gasteiger partial charge in [-0.3, -0.25) is 0 Å². The van der Waals surface area contributed by atoms with Crippen LogP contribution in [0.1, 0.15) is 16.1 Å². The van der Waals surface area contributed by atoms with Crippen molar-refractivity contribution in [2.75, 3.05) is 12.8 Å². The maximum absolute atomic E-state index is 12.0. The van der Waals surface area contributed by atoms with E-state index in [1.165, 1.54) is 17.9 Å². The Hall–Kier alpha value is -3.04. The van der Waals surface area contributed by atoms with E-state index in [0.29, 0.717) is 10.8 Å². The number of halogens is 1. The van der Waals surface area contributed by atoms with E-state index >= 15 is 0 Å². The van der Waals surface area contributed by atoms with Gasteiger partial charge in [-0.05, 0) is 23.6 Å². The number of fused-ring (bicyclic) bond motifs is 1. The van der Waals surface area contributed by atoms with Gasteiger partial charge in [-0.1, -0.05) is 17.7 Å². The van der Waals surface area contributed by atoms with Gasteiger partial charge in [0.2, 0.25) is 0 Å². The van der Waals surface area contributed by atoms with Gasteiger partial charge < -0.3 is 15.0 Å². The molecule has 7 heteroatoms. The van der Waals surface area contributed by atoms with Crippen LogP contribution < -0.4 is 5.73 Å². The van der Waals surface area contributed by atoms with E-state index in [4.69, 9.17) is 27.3 Å². The number of ether oxygens (including phenoxy) is 1. The van der Waals surface area contributed by atoms with Gasteiger partial charge in [-0.2, -0.15) is 5.26 Å². The number of carbonyl (C=O) groups excluding carboxylic acids is 1. The molecule has 0 atom stereocenters. The number of nitrogens with zero attached hydrogens (tertiary/aromatic N) is 3. The number of aromatic nitrogens is 2. The molecular formula is C16H11ClN4O2. The monoisotopic (exact) mass is 326 g/mol. The predicted molar refractivity (Wildman–Crippen MR) is 86.5 cm³/mol. The molecule has 0 radical (unpaired) electrons. The lowest BCUT2D eigenvalue weighted by Crippen LogP contribution is -2.11. The molecular weight excluding hydrogens is 316 g/mol. The van der Waals surface area contributed by atoms with Crippen LogP contribution in [0.5, 0.6) is 0 Å². The molecule has 3 aromatic rings. The number of nitrogen functional groups attached to an aromatic ring is 1. The number of pyridine rings is 1. The number of benzene rings is 1. The average molecular weight is 327 g/mol. The smallest absolute Gasteiger partial charge is 0.357 e. The van der Waals surface area contributed by atoms with Gasteiger partial charge >= 0.3 is 5.97 Å². The first kappa shape index (κ1) is 14.9. The highest BCUT2D eigenvalue weighted by molar-refractivity contribution is 6.30. The maximum Gasteiger partial charge on any atom is 0.357 e. The highest BCUT2D eigenvalue weighted by Gasteiger charge is 2.21. The zero-order chi connectivity index (χ0) is 16.6. The fourth-order valence-corrected chi connectivity index (χ4v) is 2.54. The van der Waals surface area contributed by atoms with Crippen LogP contribution >= 0.6 is 11.6 Å². The van der Waals surface area contributed by atoms with E-state index in [1.54, 1.807) is 18.3 Å². The fraction of sp³-hybridized carbons (Fsp3) is 0.0625. The number of rotatable bonds is 2. The van der Waals surface area contributed by atoms with Crippen LogP contribution in [0.15, 0.2) is 36.7 Å². The molecule has 6 nitrogen and oxygen atoms in total. The molecule has 23 heavy (non-hydrogen) atoms. The molecule has 0 amide bonds. The Labute approximate surface area is 136 Å². The molecule has 0 spiro atoms. The van der Waals surface area contributed by atoms with Gasteiger partial charge in [0.05, 0.1) is 18.4 Å². The Morgan fingerprint density at radius 1 is 1.39 bits per heavy atom. The molecule has 114 valence electrons. The quantitative estimate of drug-likeness (QED) is 0.577. The molecule has 0 fully saturated rings. The molecule has 2 aromatic heterocycles. The maximum atomic E-state index is 12.0. The highest BCUT2D eigenvalue weighted by Crippen LogP contribution is 2.27. The van der Waals surface area contributed by atoms with Gasteiger partial charge in [0.25, 0.3) is 0 Å². The van der Waals surface area contributed by atoms with Crippen LogP contribution in [-0.4, -0.2) is 22.6 Å². The van der Waals surface area contributed by atoms with Crippen molar-refractivity contribution in [3.63, 3.8) is 0 Å². The topological polar surface area (TPSA) is 93.9 Å². The van der Waals surface area contributed by atoms with Crippen LogP contribution in [0.4, 0.5) is 5.69 Å². The SMILES string of the molecule is COC(=O)c1c(N)c(C#N)cn1-c1ccc2cc(Cl)ncc2c1. The van der Waals surface area contributed by atoms with E-state index in [2.05, 4.69) is 4.98 Å². The van der Waals surface area contributed by atoms with E-state index in [0.717, 1.165) is 10.8 Å². The Balaban J connectivity index is 2.24. The number of hydrogen-bond donors (Lipinski definition) is 1. The second kappa shape index (κ2) is 5.63. The number of hydrogen-bond acceptors (Lipinski definition) is 5. The van der Waals surface area contributed by atoms with E-state index in [-0.39, 0.29) is 16.9 Å². The zero-order valence-electron chi connectivity index (χ0n) is 12.1. The van der Waals surface area contributed by atoms with Crippen molar-refractivity contribution in [3.05, 3.63) is 53.1 Å². The summed E-state index contributed by atoms with van der Waals surface area (Å²) < 4.78 is 6.30. The lowest BCUT2D eigenvalue weighted by Gasteiger charge is -2.09. The molecule has 0 aliphatic heterocycles. The third kappa shape index (κ3) is 2.47. The molecule has 0 aliphatic rings. The van der Waals surface area contributed by atoms with Crippen molar-refractivity contribution >= 4 is 34.0 Å².